The number of unbranched alkanes of at least 4 members (excludes halogenated alkanes) is 2. The van der Waals surface area contributed by atoms with Crippen molar-refractivity contribution < 1.29 is 19.8 Å². The summed E-state index contributed by atoms with van der Waals surface area (Å²) in [6, 6.07) is 0. The third-order valence-electron chi connectivity index (χ3n) is 1.83. The van der Waals surface area contributed by atoms with Gasteiger partial charge in [-0.15, -0.1) is 0 Å². The van der Waals surface area contributed by atoms with E-state index in [-0.39, 0.29) is 6.42 Å². The summed E-state index contributed by atoms with van der Waals surface area (Å²) in [6.45, 7) is 1.61. The van der Waals surface area contributed by atoms with Crippen molar-refractivity contribution in [2.75, 3.05) is 0 Å². The van der Waals surface area contributed by atoms with Gasteiger partial charge in [-0.25, -0.2) is 0 Å². The van der Waals surface area contributed by atoms with E-state index in [9.17, 15) is 9.59 Å². The third-order valence-corrected chi connectivity index (χ3v) is 1.83. The molecule has 0 bridgehead atoms. The lowest BCUT2D eigenvalue weighted by molar-refractivity contribution is -0.139. The van der Waals surface area contributed by atoms with Crippen molar-refractivity contribution in [3.63, 3.8) is 0 Å². The SMILES string of the molecule is CC(C=CCCCCC(=O)O)C(=O)O. The second-order valence-corrected chi connectivity index (χ2v) is 3.19. The van der Waals surface area contributed by atoms with E-state index in [1.807, 2.05) is 0 Å². The molecular weight excluding hydrogens is 184 g/mol. The Labute approximate surface area is 83.2 Å². The van der Waals surface area contributed by atoms with Crippen LogP contribution in [0.4, 0.5) is 0 Å². The molecular formula is C10H16O4. The van der Waals surface area contributed by atoms with Crippen molar-refractivity contribution in [3.05, 3.63) is 12.2 Å². The van der Waals surface area contributed by atoms with E-state index in [2.05, 4.69) is 0 Å². The smallest absolute Gasteiger partial charge is 0.310 e. The molecule has 0 saturated heterocycles. The zero-order chi connectivity index (χ0) is 11.0. The minimum atomic E-state index is -0.841. The van der Waals surface area contributed by atoms with Gasteiger partial charge < -0.3 is 10.2 Å². The van der Waals surface area contributed by atoms with Crippen LogP contribution in [0.1, 0.15) is 32.6 Å². The first-order valence-electron chi connectivity index (χ1n) is 4.65. The Morgan fingerprint density at radius 1 is 1.29 bits per heavy atom. The lowest BCUT2D eigenvalue weighted by Gasteiger charge is -1.97. The molecule has 0 amide bonds. The van der Waals surface area contributed by atoms with Gasteiger partial charge in [-0.1, -0.05) is 12.2 Å². The number of carboxylic acid groups (broad SMARTS) is 2. The second kappa shape index (κ2) is 7.12. The zero-order valence-electron chi connectivity index (χ0n) is 8.27. The van der Waals surface area contributed by atoms with Crippen LogP contribution in [-0.4, -0.2) is 22.2 Å². The molecule has 0 aliphatic rings. The Morgan fingerprint density at radius 3 is 2.43 bits per heavy atom. The van der Waals surface area contributed by atoms with Gasteiger partial charge in [0.1, 0.15) is 0 Å². The minimum Gasteiger partial charge on any atom is -0.481 e. The average Bonchev–Trinajstić information content (AvgIpc) is 2.09. The molecule has 0 aromatic heterocycles. The molecule has 0 rings (SSSR count). The van der Waals surface area contributed by atoms with Gasteiger partial charge in [0.25, 0.3) is 0 Å². The van der Waals surface area contributed by atoms with Gasteiger partial charge in [-0.2, -0.15) is 0 Å². The summed E-state index contributed by atoms with van der Waals surface area (Å²) < 4.78 is 0. The maximum atomic E-state index is 10.4. The summed E-state index contributed by atoms with van der Waals surface area (Å²) >= 11 is 0. The van der Waals surface area contributed by atoms with Crippen LogP contribution in [0.2, 0.25) is 0 Å². The van der Waals surface area contributed by atoms with E-state index >= 15 is 0 Å². The highest BCUT2D eigenvalue weighted by molar-refractivity contribution is 5.71. The molecule has 0 radical (unpaired) electrons. The van der Waals surface area contributed by atoms with Gasteiger partial charge in [0.2, 0.25) is 0 Å². The third kappa shape index (κ3) is 7.34. The maximum absolute atomic E-state index is 10.4. The largest absolute Gasteiger partial charge is 0.481 e. The fraction of sp³-hybridized carbons (Fsp3) is 0.600. The van der Waals surface area contributed by atoms with Crippen LogP contribution in [-0.2, 0) is 9.59 Å². The minimum absolute atomic E-state index is 0.183. The highest BCUT2D eigenvalue weighted by Crippen LogP contribution is 2.03. The molecule has 0 saturated carbocycles. The first-order chi connectivity index (χ1) is 6.54. The Hall–Kier alpha value is -1.32. The number of carbonyl (C=O) groups is 2. The predicted molar refractivity (Wildman–Crippen MR) is 52.0 cm³/mol. The number of hydrogen-bond acceptors (Lipinski definition) is 2. The summed E-state index contributed by atoms with van der Waals surface area (Å²) in [5.74, 6) is -2.09. The summed E-state index contributed by atoms with van der Waals surface area (Å²) in [5, 5.41) is 16.9. The molecule has 0 aliphatic heterocycles. The average molecular weight is 200 g/mol. The molecule has 0 fully saturated rings. The molecule has 0 aromatic carbocycles. The van der Waals surface area contributed by atoms with Crippen LogP contribution in [0.15, 0.2) is 12.2 Å². The van der Waals surface area contributed by atoms with Gasteiger partial charge >= 0.3 is 11.9 Å². The van der Waals surface area contributed by atoms with Crippen LogP contribution >= 0.6 is 0 Å². The van der Waals surface area contributed by atoms with E-state index in [1.165, 1.54) is 0 Å². The Bertz CT molecular complexity index is 220. The zero-order valence-corrected chi connectivity index (χ0v) is 8.27. The molecule has 0 aromatic rings. The monoisotopic (exact) mass is 200 g/mol. The summed E-state index contributed by atoms with van der Waals surface area (Å²) in [5.41, 5.74) is 0. The van der Waals surface area contributed by atoms with E-state index in [0.29, 0.717) is 6.42 Å². The molecule has 1 atom stereocenters. The number of aliphatic carboxylic acids is 2. The second-order valence-electron chi connectivity index (χ2n) is 3.19. The molecule has 14 heavy (non-hydrogen) atoms. The number of carboxylic acids is 2. The van der Waals surface area contributed by atoms with Gasteiger partial charge in [0.15, 0.2) is 0 Å². The van der Waals surface area contributed by atoms with Crippen molar-refractivity contribution in [2.45, 2.75) is 32.6 Å². The molecule has 0 spiro atoms. The van der Waals surface area contributed by atoms with Gasteiger partial charge in [0, 0.05) is 6.42 Å². The van der Waals surface area contributed by atoms with Crippen LogP contribution in [0.25, 0.3) is 0 Å². The normalized spacial score (nSPS) is 12.9. The molecule has 4 heteroatoms. The Balaban J connectivity index is 3.44. The fourth-order valence-electron chi connectivity index (χ4n) is 0.921. The maximum Gasteiger partial charge on any atom is 0.310 e. The van der Waals surface area contributed by atoms with Crippen molar-refractivity contribution >= 4 is 11.9 Å². The highest BCUT2D eigenvalue weighted by Gasteiger charge is 2.04. The van der Waals surface area contributed by atoms with E-state index in [4.69, 9.17) is 10.2 Å². The molecule has 2 N–H and O–H groups in total. The first kappa shape index (κ1) is 12.7. The topological polar surface area (TPSA) is 74.6 Å². The molecule has 80 valence electrons. The van der Waals surface area contributed by atoms with Crippen molar-refractivity contribution in [1.82, 2.24) is 0 Å². The fourth-order valence-corrected chi connectivity index (χ4v) is 0.921. The lowest BCUT2D eigenvalue weighted by atomic mass is 10.1. The Morgan fingerprint density at radius 2 is 1.93 bits per heavy atom. The first-order valence-corrected chi connectivity index (χ1v) is 4.65. The number of rotatable bonds is 7. The predicted octanol–water partition coefficient (Wildman–Crippen LogP) is 1.91. The van der Waals surface area contributed by atoms with Crippen LogP contribution < -0.4 is 0 Å². The van der Waals surface area contributed by atoms with Gasteiger partial charge in [-0.3, -0.25) is 9.59 Å². The van der Waals surface area contributed by atoms with E-state index in [0.717, 1.165) is 12.8 Å². The standard InChI is InChI=1S/C10H16O4/c1-8(10(13)14)6-4-2-3-5-7-9(11)12/h4,6,8H,2-3,5,7H2,1H3,(H,11,12)(H,13,14). The molecule has 0 heterocycles. The number of hydrogen-bond donors (Lipinski definition) is 2. The van der Waals surface area contributed by atoms with E-state index in [1.54, 1.807) is 19.1 Å². The lowest BCUT2D eigenvalue weighted by Crippen LogP contribution is -2.05. The highest BCUT2D eigenvalue weighted by atomic mass is 16.4. The van der Waals surface area contributed by atoms with Gasteiger partial charge in [-0.05, 0) is 26.2 Å². The van der Waals surface area contributed by atoms with Crippen LogP contribution in [0.5, 0.6) is 0 Å². The van der Waals surface area contributed by atoms with Crippen LogP contribution in [0.3, 0.4) is 0 Å². The quantitative estimate of drug-likeness (QED) is 0.486. The molecule has 0 aliphatic carbocycles. The van der Waals surface area contributed by atoms with Crippen molar-refractivity contribution in [2.24, 2.45) is 5.92 Å². The summed E-state index contributed by atoms with van der Waals surface area (Å²) in [7, 11) is 0. The summed E-state index contributed by atoms with van der Waals surface area (Å²) in [4.78, 5) is 20.5. The van der Waals surface area contributed by atoms with Crippen molar-refractivity contribution in [3.8, 4) is 0 Å². The van der Waals surface area contributed by atoms with Crippen molar-refractivity contribution in [1.29, 1.82) is 0 Å². The van der Waals surface area contributed by atoms with E-state index < -0.39 is 17.9 Å². The van der Waals surface area contributed by atoms with Crippen LogP contribution in [0, 0.1) is 5.92 Å². The molecule has 4 nitrogen and oxygen atoms in total. The number of allylic oxidation sites excluding steroid dienone is 1. The van der Waals surface area contributed by atoms with Gasteiger partial charge in [0.05, 0.1) is 5.92 Å². The molecule has 1 unspecified atom stereocenters. The summed E-state index contributed by atoms with van der Waals surface area (Å²) in [6.07, 6.45) is 5.77. The Kier molecular flexibility index (Phi) is 6.45.